The molecular weight excluding hydrogens is 212 g/mol. The molecule has 0 fully saturated rings. The Balaban J connectivity index is 2.61. The maximum atomic E-state index is 11.2. The van der Waals surface area contributed by atoms with Crippen molar-refractivity contribution in [1.82, 2.24) is 14.7 Å². The van der Waals surface area contributed by atoms with Gasteiger partial charge in [-0.15, -0.1) is 0 Å². The molecule has 5 nitrogen and oxygen atoms in total. The van der Waals surface area contributed by atoms with E-state index in [1.54, 1.807) is 14.0 Å². The second-order valence-corrected chi connectivity index (χ2v) is 4.34. The Kier molecular flexibility index (Phi) is 4.02. The van der Waals surface area contributed by atoms with Crippen molar-refractivity contribution >= 4 is 22.6 Å². The predicted molar refractivity (Wildman–Crippen MR) is 61.1 cm³/mol. The Morgan fingerprint density at radius 3 is 2.53 bits per heavy atom. The SMILES string of the molecule is CNC(=O)C(C)Nc1nc(C(C)C)ns1. The summed E-state index contributed by atoms with van der Waals surface area (Å²) in [6.07, 6.45) is 0. The molecule has 1 amide bonds. The van der Waals surface area contributed by atoms with Crippen molar-refractivity contribution in [3.05, 3.63) is 5.82 Å². The second kappa shape index (κ2) is 5.06. The summed E-state index contributed by atoms with van der Waals surface area (Å²) in [4.78, 5) is 15.5. The molecule has 2 N–H and O–H groups in total. The zero-order valence-corrected chi connectivity index (χ0v) is 10.2. The molecule has 0 bridgehead atoms. The van der Waals surface area contributed by atoms with E-state index in [1.807, 2.05) is 13.8 Å². The van der Waals surface area contributed by atoms with Crippen molar-refractivity contribution < 1.29 is 4.79 Å². The Labute approximate surface area is 93.5 Å². The molecule has 15 heavy (non-hydrogen) atoms. The minimum atomic E-state index is -0.289. The van der Waals surface area contributed by atoms with Gasteiger partial charge in [-0.05, 0) is 6.92 Å². The summed E-state index contributed by atoms with van der Waals surface area (Å²) in [5.41, 5.74) is 0. The molecular formula is C9H16N4OS. The molecule has 0 saturated carbocycles. The maximum absolute atomic E-state index is 11.2. The van der Waals surface area contributed by atoms with Crippen molar-refractivity contribution in [2.75, 3.05) is 12.4 Å². The molecule has 0 spiro atoms. The van der Waals surface area contributed by atoms with Crippen LogP contribution in [0.15, 0.2) is 0 Å². The third kappa shape index (κ3) is 3.16. The van der Waals surface area contributed by atoms with Gasteiger partial charge in [0.05, 0.1) is 0 Å². The largest absolute Gasteiger partial charge is 0.357 e. The first-order valence-electron chi connectivity index (χ1n) is 4.86. The zero-order valence-electron chi connectivity index (χ0n) is 9.37. The van der Waals surface area contributed by atoms with Crippen LogP contribution in [-0.2, 0) is 4.79 Å². The number of rotatable bonds is 4. The first kappa shape index (κ1) is 11.9. The summed E-state index contributed by atoms with van der Waals surface area (Å²) in [5, 5.41) is 6.26. The predicted octanol–water partition coefficient (Wildman–Crippen LogP) is 1.21. The third-order valence-corrected chi connectivity index (χ3v) is 2.60. The first-order chi connectivity index (χ1) is 7.04. The standard InChI is InChI=1S/C9H16N4OS/c1-5(2)7-12-9(15-13-7)11-6(3)8(14)10-4/h5-6H,1-4H3,(H,10,14)(H,11,12,13). The number of hydrogen-bond acceptors (Lipinski definition) is 5. The Hall–Kier alpha value is -1.17. The van der Waals surface area contributed by atoms with E-state index in [0.717, 1.165) is 5.82 Å². The lowest BCUT2D eigenvalue weighted by Gasteiger charge is -2.09. The number of aromatic nitrogens is 2. The van der Waals surface area contributed by atoms with E-state index >= 15 is 0 Å². The third-order valence-electron chi connectivity index (χ3n) is 1.94. The highest BCUT2D eigenvalue weighted by Gasteiger charge is 2.13. The molecule has 0 aliphatic carbocycles. The molecule has 0 aliphatic heterocycles. The van der Waals surface area contributed by atoms with Crippen LogP contribution in [0.4, 0.5) is 5.13 Å². The number of carbonyl (C=O) groups excluding carboxylic acids is 1. The van der Waals surface area contributed by atoms with E-state index in [0.29, 0.717) is 11.0 Å². The molecule has 0 radical (unpaired) electrons. The summed E-state index contributed by atoms with van der Waals surface area (Å²) in [5.74, 6) is 1.06. The van der Waals surface area contributed by atoms with Crippen LogP contribution in [0.2, 0.25) is 0 Å². The number of carbonyl (C=O) groups is 1. The van der Waals surface area contributed by atoms with Crippen LogP contribution in [0.25, 0.3) is 0 Å². The average Bonchev–Trinajstić information content (AvgIpc) is 2.65. The number of anilines is 1. The van der Waals surface area contributed by atoms with Crippen molar-refractivity contribution in [2.24, 2.45) is 0 Å². The lowest BCUT2D eigenvalue weighted by molar-refractivity contribution is -0.121. The Morgan fingerprint density at radius 2 is 2.07 bits per heavy atom. The highest BCUT2D eigenvalue weighted by atomic mass is 32.1. The molecule has 1 aromatic rings. The highest BCUT2D eigenvalue weighted by molar-refractivity contribution is 7.09. The molecule has 1 aromatic heterocycles. The summed E-state index contributed by atoms with van der Waals surface area (Å²) in [6.45, 7) is 5.86. The lowest BCUT2D eigenvalue weighted by Crippen LogP contribution is -2.35. The summed E-state index contributed by atoms with van der Waals surface area (Å²) >= 11 is 1.28. The fourth-order valence-corrected chi connectivity index (χ4v) is 1.79. The van der Waals surface area contributed by atoms with Gasteiger partial charge in [0.2, 0.25) is 11.0 Å². The fraction of sp³-hybridized carbons (Fsp3) is 0.667. The quantitative estimate of drug-likeness (QED) is 0.813. The van der Waals surface area contributed by atoms with E-state index in [9.17, 15) is 4.79 Å². The number of amides is 1. The Morgan fingerprint density at radius 1 is 1.40 bits per heavy atom. The normalized spacial score (nSPS) is 12.6. The summed E-state index contributed by atoms with van der Waals surface area (Å²) < 4.78 is 4.19. The number of nitrogens with one attached hydrogen (secondary N) is 2. The van der Waals surface area contributed by atoms with Gasteiger partial charge in [-0.2, -0.15) is 4.37 Å². The number of nitrogens with zero attached hydrogens (tertiary/aromatic N) is 2. The van der Waals surface area contributed by atoms with Crippen LogP contribution in [-0.4, -0.2) is 28.4 Å². The van der Waals surface area contributed by atoms with Gasteiger partial charge >= 0.3 is 0 Å². The van der Waals surface area contributed by atoms with Crippen LogP contribution in [0.1, 0.15) is 32.5 Å². The van der Waals surface area contributed by atoms with Crippen LogP contribution in [0.3, 0.4) is 0 Å². The van der Waals surface area contributed by atoms with Gasteiger partial charge in [0.15, 0.2) is 0 Å². The molecule has 1 heterocycles. The van der Waals surface area contributed by atoms with Crippen LogP contribution in [0, 0.1) is 0 Å². The Bertz CT molecular complexity index is 337. The minimum absolute atomic E-state index is 0.0590. The number of hydrogen-bond donors (Lipinski definition) is 2. The molecule has 0 aliphatic rings. The van der Waals surface area contributed by atoms with Crippen molar-refractivity contribution in [3.63, 3.8) is 0 Å². The summed E-state index contributed by atoms with van der Waals surface area (Å²) in [6, 6.07) is -0.289. The van der Waals surface area contributed by atoms with E-state index < -0.39 is 0 Å². The van der Waals surface area contributed by atoms with E-state index in [-0.39, 0.29) is 11.9 Å². The molecule has 0 saturated heterocycles. The minimum Gasteiger partial charge on any atom is -0.357 e. The lowest BCUT2D eigenvalue weighted by atomic mass is 10.2. The smallest absolute Gasteiger partial charge is 0.242 e. The fourth-order valence-electron chi connectivity index (χ4n) is 0.995. The maximum Gasteiger partial charge on any atom is 0.242 e. The van der Waals surface area contributed by atoms with Gasteiger partial charge in [-0.1, -0.05) is 13.8 Å². The molecule has 1 unspecified atom stereocenters. The van der Waals surface area contributed by atoms with Crippen LogP contribution >= 0.6 is 11.5 Å². The molecule has 1 atom stereocenters. The monoisotopic (exact) mass is 228 g/mol. The van der Waals surface area contributed by atoms with Gasteiger partial charge in [-0.25, -0.2) is 4.98 Å². The summed E-state index contributed by atoms with van der Waals surface area (Å²) in [7, 11) is 1.61. The zero-order chi connectivity index (χ0) is 11.4. The topological polar surface area (TPSA) is 66.9 Å². The van der Waals surface area contributed by atoms with E-state index in [1.165, 1.54) is 11.5 Å². The van der Waals surface area contributed by atoms with E-state index in [2.05, 4.69) is 20.0 Å². The molecule has 84 valence electrons. The van der Waals surface area contributed by atoms with Crippen LogP contribution in [0.5, 0.6) is 0 Å². The first-order valence-corrected chi connectivity index (χ1v) is 5.63. The van der Waals surface area contributed by atoms with Crippen molar-refractivity contribution in [2.45, 2.75) is 32.7 Å². The average molecular weight is 228 g/mol. The van der Waals surface area contributed by atoms with Gasteiger partial charge in [0.1, 0.15) is 11.9 Å². The van der Waals surface area contributed by atoms with Crippen molar-refractivity contribution in [1.29, 1.82) is 0 Å². The van der Waals surface area contributed by atoms with Gasteiger partial charge < -0.3 is 10.6 Å². The molecule has 1 rings (SSSR count). The highest BCUT2D eigenvalue weighted by Crippen LogP contribution is 2.17. The number of likely N-dealkylation sites (N-methyl/N-ethyl adjacent to an activating group) is 1. The van der Waals surface area contributed by atoms with E-state index in [4.69, 9.17) is 0 Å². The molecule has 0 aromatic carbocycles. The van der Waals surface area contributed by atoms with Crippen molar-refractivity contribution in [3.8, 4) is 0 Å². The van der Waals surface area contributed by atoms with Gasteiger partial charge in [0, 0.05) is 24.5 Å². The van der Waals surface area contributed by atoms with Gasteiger partial charge in [-0.3, -0.25) is 4.79 Å². The molecule has 6 heteroatoms. The van der Waals surface area contributed by atoms with Gasteiger partial charge in [0.25, 0.3) is 0 Å². The van der Waals surface area contributed by atoms with Crippen LogP contribution < -0.4 is 10.6 Å². The second-order valence-electron chi connectivity index (χ2n) is 3.59.